The van der Waals surface area contributed by atoms with Crippen molar-refractivity contribution in [2.24, 2.45) is 16.0 Å². The monoisotopic (exact) mass is 206 g/mol. The minimum absolute atomic E-state index is 0.0682. The molecular weight excluding hydrogens is 196 g/mol. The normalized spacial score (nSPS) is 10.1. The third-order valence-electron chi connectivity index (χ3n) is 1.67. The second-order valence-corrected chi connectivity index (χ2v) is 2.72. The van der Waals surface area contributed by atoms with E-state index in [0.717, 1.165) is 5.56 Å². The van der Waals surface area contributed by atoms with Crippen molar-refractivity contribution in [2.45, 2.75) is 6.54 Å². The molecule has 0 atom stereocenters. The number of hydrogen-bond donors (Lipinski definition) is 2. The Hall–Kier alpha value is -2.24. The van der Waals surface area contributed by atoms with E-state index in [1.807, 2.05) is 0 Å². The van der Waals surface area contributed by atoms with Gasteiger partial charge in [0.15, 0.2) is 0 Å². The van der Waals surface area contributed by atoms with Crippen LogP contribution in [0.1, 0.15) is 11.1 Å². The van der Waals surface area contributed by atoms with E-state index in [4.69, 9.17) is 5.73 Å². The number of hydrazone groups is 1. The molecule has 3 N–H and O–H groups in total. The summed E-state index contributed by atoms with van der Waals surface area (Å²) in [7, 11) is 0. The van der Waals surface area contributed by atoms with E-state index >= 15 is 0 Å². The molecule has 0 saturated carbocycles. The van der Waals surface area contributed by atoms with Crippen LogP contribution in [0.3, 0.4) is 0 Å². The Kier molecular flexibility index (Phi) is 3.96. The number of carbonyl (C=O) groups is 1. The summed E-state index contributed by atoms with van der Waals surface area (Å²) in [5.41, 5.74) is 8.34. The Bertz CT molecular complexity index is 389. The Morgan fingerprint density at radius 2 is 2.20 bits per heavy atom. The van der Waals surface area contributed by atoms with Crippen molar-refractivity contribution in [2.75, 3.05) is 0 Å². The molecule has 0 aromatic heterocycles. The molecule has 6 heteroatoms. The fraction of sp³-hybridized carbons (Fsp3) is 0.111. The Morgan fingerprint density at radius 3 is 2.87 bits per heavy atom. The number of nitroso groups, excluding NO2 is 1. The molecule has 1 rings (SSSR count). The standard InChI is InChI=1S/C9H10N4O2/c10-9(14)13-11-5-7-3-1-2-4-8(7)6-12-15/h1-5H,6H2,(H3,10,13,14). The van der Waals surface area contributed by atoms with Crippen molar-refractivity contribution in [3.05, 3.63) is 40.3 Å². The van der Waals surface area contributed by atoms with Gasteiger partial charge >= 0.3 is 6.03 Å². The van der Waals surface area contributed by atoms with Gasteiger partial charge in [0.2, 0.25) is 0 Å². The van der Waals surface area contributed by atoms with Crippen molar-refractivity contribution < 1.29 is 4.79 Å². The average Bonchev–Trinajstić information content (AvgIpc) is 2.20. The van der Waals surface area contributed by atoms with Crippen molar-refractivity contribution in [3.8, 4) is 0 Å². The number of nitrogens with zero attached hydrogens (tertiary/aromatic N) is 2. The summed E-state index contributed by atoms with van der Waals surface area (Å²) >= 11 is 0. The second-order valence-electron chi connectivity index (χ2n) is 2.72. The molecule has 0 saturated heterocycles. The quantitative estimate of drug-likeness (QED) is 0.435. The molecule has 1 aromatic rings. The first-order valence-corrected chi connectivity index (χ1v) is 4.19. The highest BCUT2D eigenvalue weighted by atomic mass is 16.3. The molecule has 1 aromatic carbocycles. The van der Waals surface area contributed by atoms with E-state index in [-0.39, 0.29) is 6.54 Å². The van der Waals surface area contributed by atoms with Crippen molar-refractivity contribution in [1.82, 2.24) is 5.43 Å². The van der Waals surface area contributed by atoms with Crippen LogP contribution < -0.4 is 11.2 Å². The molecule has 0 radical (unpaired) electrons. The molecule has 0 fully saturated rings. The second kappa shape index (κ2) is 5.48. The first kappa shape index (κ1) is 10.8. The predicted octanol–water partition coefficient (Wildman–Crippen LogP) is 0.955. The van der Waals surface area contributed by atoms with Crippen molar-refractivity contribution in [1.29, 1.82) is 0 Å². The zero-order valence-corrected chi connectivity index (χ0v) is 7.88. The number of amides is 2. The van der Waals surface area contributed by atoms with Crippen LogP contribution >= 0.6 is 0 Å². The molecule has 0 unspecified atom stereocenters. The molecule has 15 heavy (non-hydrogen) atoms. The van der Waals surface area contributed by atoms with E-state index in [9.17, 15) is 9.70 Å². The average molecular weight is 206 g/mol. The molecule has 6 nitrogen and oxygen atoms in total. The summed E-state index contributed by atoms with van der Waals surface area (Å²) in [5, 5.41) is 6.38. The fourth-order valence-electron chi connectivity index (χ4n) is 1.04. The third-order valence-corrected chi connectivity index (χ3v) is 1.67. The molecule has 0 aliphatic carbocycles. The van der Waals surface area contributed by atoms with Gasteiger partial charge in [0, 0.05) is 0 Å². The fourth-order valence-corrected chi connectivity index (χ4v) is 1.04. The molecular formula is C9H10N4O2. The number of nitrogens with two attached hydrogens (primary N) is 1. The van der Waals surface area contributed by atoms with Crippen molar-refractivity contribution >= 4 is 12.2 Å². The lowest BCUT2D eigenvalue weighted by molar-refractivity contribution is 0.249. The van der Waals surface area contributed by atoms with Gasteiger partial charge in [-0.25, -0.2) is 10.2 Å². The van der Waals surface area contributed by atoms with Crippen LogP contribution in [0.25, 0.3) is 0 Å². The maximum Gasteiger partial charge on any atom is 0.332 e. The topological polar surface area (TPSA) is 96.9 Å². The minimum Gasteiger partial charge on any atom is -0.350 e. The molecule has 0 spiro atoms. The number of nitrogens with one attached hydrogen (secondary N) is 1. The van der Waals surface area contributed by atoms with Gasteiger partial charge < -0.3 is 5.73 Å². The first-order chi connectivity index (χ1) is 7.24. The van der Waals surface area contributed by atoms with Gasteiger partial charge in [0.25, 0.3) is 0 Å². The van der Waals surface area contributed by atoms with Crippen LogP contribution in [-0.2, 0) is 6.54 Å². The minimum atomic E-state index is -0.739. The zero-order valence-electron chi connectivity index (χ0n) is 7.88. The lowest BCUT2D eigenvalue weighted by Gasteiger charge is -1.99. The highest BCUT2D eigenvalue weighted by molar-refractivity contribution is 5.83. The molecule has 0 aliphatic rings. The van der Waals surface area contributed by atoms with Crippen LogP contribution in [0.5, 0.6) is 0 Å². The summed E-state index contributed by atoms with van der Waals surface area (Å²) in [5.74, 6) is 0. The lowest BCUT2D eigenvalue weighted by Crippen LogP contribution is -2.24. The van der Waals surface area contributed by atoms with Crippen LogP contribution in [0.4, 0.5) is 4.79 Å². The number of urea groups is 1. The Morgan fingerprint density at radius 1 is 1.47 bits per heavy atom. The van der Waals surface area contributed by atoms with Gasteiger partial charge in [-0.3, -0.25) is 0 Å². The summed E-state index contributed by atoms with van der Waals surface area (Å²) in [6.45, 7) is 0.0682. The molecule has 0 bridgehead atoms. The Labute approximate surface area is 86.1 Å². The summed E-state index contributed by atoms with van der Waals surface area (Å²) in [6, 6.07) is 6.36. The molecule has 0 aliphatic heterocycles. The lowest BCUT2D eigenvalue weighted by atomic mass is 10.1. The summed E-state index contributed by atoms with van der Waals surface area (Å²) < 4.78 is 0. The molecule has 0 heterocycles. The third kappa shape index (κ3) is 3.55. The van der Waals surface area contributed by atoms with Gasteiger partial charge in [-0.1, -0.05) is 29.4 Å². The maximum absolute atomic E-state index is 10.3. The molecule has 78 valence electrons. The largest absolute Gasteiger partial charge is 0.350 e. The summed E-state index contributed by atoms with van der Waals surface area (Å²) in [4.78, 5) is 20.5. The van der Waals surface area contributed by atoms with E-state index in [1.165, 1.54) is 6.21 Å². The maximum atomic E-state index is 10.3. The van der Waals surface area contributed by atoms with Gasteiger partial charge in [0.05, 0.1) is 6.21 Å². The predicted molar refractivity (Wildman–Crippen MR) is 56.3 cm³/mol. The van der Waals surface area contributed by atoms with Crippen LogP contribution in [0.15, 0.2) is 34.5 Å². The number of rotatable bonds is 4. The zero-order chi connectivity index (χ0) is 11.1. The van der Waals surface area contributed by atoms with Gasteiger partial charge in [0.1, 0.15) is 6.54 Å². The molecule has 2 amide bonds. The van der Waals surface area contributed by atoms with Crippen LogP contribution in [-0.4, -0.2) is 12.2 Å². The number of carbonyl (C=O) groups excluding carboxylic acids is 1. The van der Waals surface area contributed by atoms with Crippen LogP contribution in [0.2, 0.25) is 0 Å². The van der Waals surface area contributed by atoms with Crippen molar-refractivity contribution in [3.63, 3.8) is 0 Å². The SMILES string of the molecule is NC(=O)NN=Cc1ccccc1CN=O. The highest BCUT2D eigenvalue weighted by Gasteiger charge is 1.98. The van der Waals surface area contributed by atoms with Gasteiger partial charge in [-0.15, -0.1) is 0 Å². The highest BCUT2D eigenvalue weighted by Crippen LogP contribution is 2.07. The number of primary amides is 1. The number of benzene rings is 1. The van der Waals surface area contributed by atoms with Crippen LogP contribution in [0, 0.1) is 4.91 Å². The smallest absolute Gasteiger partial charge is 0.332 e. The van der Waals surface area contributed by atoms with E-state index < -0.39 is 6.03 Å². The number of hydrogen-bond acceptors (Lipinski definition) is 4. The van der Waals surface area contributed by atoms with Gasteiger partial charge in [-0.05, 0) is 11.1 Å². The Balaban J connectivity index is 2.78. The first-order valence-electron chi connectivity index (χ1n) is 4.19. The van der Waals surface area contributed by atoms with E-state index in [0.29, 0.717) is 5.56 Å². The van der Waals surface area contributed by atoms with E-state index in [1.54, 1.807) is 24.3 Å². The summed E-state index contributed by atoms with van der Waals surface area (Å²) in [6.07, 6.45) is 1.41. The van der Waals surface area contributed by atoms with Gasteiger partial charge in [-0.2, -0.15) is 10.0 Å². The van der Waals surface area contributed by atoms with E-state index in [2.05, 4.69) is 15.7 Å².